The topological polar surface area (TPSA) is 87.6 Å². The highest BCUT2D eigenvalue weighted by Crippen LogP contribution is 2.40. The number of hydrogen-bond acceptors (Lipinski definition) is 4. The van der Waals surface area contributed by atoms with Crippen LogP contribution in [0.1, 0.15) is 48.5 Å². The standard InChI is InChI=1S/C20H25ClN2O3/c1-12(7-8-13(2)22)19-17(25-3)5-4-6-18(19)26-16-10-9-14(20(23)24)11-15(16)21/h4-6,9-13H,7-8,22H2,1-3H3,(H2,23,24). The summed E-state index contributed by atoms with van der Waals surface area (Å²) in [6, 6.07) is 10.5. The molecule has 1 amide bonds. The van der Waals surface area contributed by atoms with Gasteiger partial charge in [-0.3, -0.25) is 4.79 Å². The highest BCUT2D eigenvalue weighted by atomic mass is 35.5. The summed E-state index contributed by atoms with van der Waals surface area (Å²) in [6.45, 7) is 4.11. The predicted octanol–water partition coefficient (Wildman–Crippen LogP) is 4.47. The molecule has 2 aromatic carbocycles. The number of benzene rings is 2. The molecule has 2 unspecified atom stereocenters. The number of carbonyl (C=O) groups is 1. The van der Waals surface area contributed by atoms with Crippen molar-refractivity contribution >= 4 is 17.5 Å². The maximum atomic E-state index is 11.3. The van der Waals surface area contributed by atoms with Crippen LogP contribution in [0.4, 0.5) is 0 Å². The number of carbonyl (C=O) groups excluding carboxylic acids is 1. The van der Waals surface area contributed by atoms with E-state index in [9.17, 15) is 4.79 Å². The lowest BCUT2D eigenvalue weighted by Gasteiger charge is -2.21. The molecule has 26 heavy (non-hydrogen) atoms. The van der Waals surface area contributed by atoms with Gasteiger partial charge in [0.15, 0.2) is 0 Å². The Kier molecular flexibility index (Phi) is 6.89. The minimum absolute atomic E-state index is 0.132. The molecule has 2 atom stereocenters. The summed E-state index contributed by atoms with van der Waals surface area (Å²) in [7, 11) is 1.63. The molecule has 0 aliphatic rings. The molecule has 0 bridgehead atoms. The summed E-state index contributed by atoms with van der Waals surface area (Å²) in [5.41, 5.74) is 12.5. The third-order valence-electron chi connectivity index (χ3n) is 4.23. The lowest BCUT2D eigenvalue weighted by molar-refractivity contribution is 0.100. The number of primary amides is 1. The van der Waals surface area contributed by atoms with E-state index in [4.69, 9.17) is 32.5 Å². The van der Waals surface area contributed by atoms with Crippen molar-refractivity contribution in [3.05, 3.63) is 52.5 Å². The number of methoxy groups -OCH3 is 1. The first-order valence-corrected chi connectivity index (χ1v) is 8.91. The quantitative estimate of drug-likeness (QED) is 0.711. The molecule has 5 nitrogen and oxygen atoms in total. The van der Waals surface area contributed by atoms with Crippen molar-refractivity contribution in [3.8, 4) is 17.2 Å². The fourth-order valence-corrected chi connectivity index (χ4v) is 3.01. The van der Waals surface area contributed by atoms with Crippen molar-refractivity contribution in [1.82, 2.24) is 0 Å². The lowest BCUT2D eigenvalue weighted by Crippen LogP contribution is -2.15. The van der Waals surface area contributed by atoms with Crippen molar-refractivity contribution in [2.75, 3.05) is 7.11 Å². The highest BCUT2D eigenvalue weighted by molar-refractivity contribution is 6.32. The zero-order valence-corrected chi connectivity index (χ0v) is 16.0. The molecule has 0 radical (unpaired) electrons. The summed E-state index contributed by atoms with van der Waals surface area (Å²) in [5, 5.41) is 0.318. The van der Waals surface area contributed by atoms with Gasteiger partial charge in [0.1, 0.15) is 17.2 Å². The molecule has 0 fully saturated rings. The lowest BCUT2D eigenvalue weighted by atomic mass is 9.93. The number of hydrogen-bond donors (Lipinski definition) is 2. The van der Waals surface area contributed by atoms with E-state index >= 15 is 0 Å². The smallest absolute Gasteiger partial charge is 0.248 e. The SMILES string of the molecule is COc1cccc(Oc2ccc(C(N)=O)cc2Cl)c1C(C)CCC(C)N. The minimum Gasteiger partial charge on any atom is -0.496 e. The van der Waals surface area contributed by atoms with Crippen LogP contribution < -0.4 is 20.9 Å². The van der Waals surface area contributed by atoms with Crippen molar-refractivity contribution in [1.29, 1.82) is 0 Å². The van der Waals surface area contributed by atoms with Gasteiger partial charge in [-0.2, -0.15) is 0 Å². The van der Waals surface area contributed by atoms with Crippen LogP contribution in [-0.2, 0) is 0 Å². The first kappa shape index (κ1) is 20.1. The average Bonchev–Trinajstić information content (AvgIpc) is 2.60. The molecule has 0 spiro atoms. The van der Waals surface area contributed by atoms with Crippen molar-refractivity contribution in [2.24, 2.45) is 11.5 Å². The Labute approximate surface area is 159 Å². The fraction of sp³-hybridized carbons (Fsp3) is 0.350. The van der Waals surface area contributed by atoms with E-state index in [1.165, 1.54) is 6.07 Å². The molecule has 2 aromatic rings. The number of amides is 1. The second-order valence-corrected chi connectivity index (χ2v) is 6.85. The van der Waals surface area contributed by atoms with Gasteiger partial charge in [0.05, 0.1) is 12.1 Å². The Bertz CT molecular complexity index is 778. The summed E-state index contributed by atoms with van der Waals surface area (Å²) in [5.74, 6) is 1.52. The Morgan fingerprint density at radius 1 is 1.12 bits per heavy atom. The molecule has 0 saturated heterocycles. The normalized spacial score (nSPS) is 13.1. The van der Waals surface area contributed by atoms with Gasteiger partial charge in [0.25, 0.3) is 0 Å². The number of ether oxygens (including phenoxy) is 2. The van der Waals surface area contributed by atoms with Gasteiger partial charge in [-0.1, -0.05) is 24.6 Å². The predicted molar refractivity (Wildman–Crippen MR) is 104 cm³/mol. The van der Waals surface area contributed by atoms with E-state index in [0.717, 1.165) is 24.2 Å². The molecule has 140 valence electrons. The Balaban J connectivity index is 2.36. The van der Waals surface area contributed by atoms with Gasteiger partial charge >= 0.3 is 0 Å². The monoisotopic (exact) mass is 376 g/mol. The third kappa shape index (κ3) is 4.90. The number of halogens is 1. The maximum absolute atomic E-state index is 11.3. The number of rotatable bonds is 8. The molecular weight excluding hydrogens is 352 g/mol. The van der Waals surface area contributed by atoms with Crippen LogP contribution in [0.25, 0.3) is 0 Å². The van der Waals surface area contributed by atoms with Crippen LogP contribution in [0, 0.1) is 0 Å². The fourth-order valence-electron chi connectivity index (χ4n) is 2.79. The van der Waals surface area contributed by atoms with Crippen LogP contribution in [0.2, 0.25) is 5.02 Å². The second-order valence-electron chi connectivity index (χ2n) is 6.44. The van der Waals surface area contributed by atoms with Gasteiger partial charge in [-0.25, -0.2) is 0 Å². The van der Waals surface area contributed by atoms with Crippen LogP contribution in [0.3, 0.4) is 0 Å². The Morgan fingerprint density at radius 2 is 1.81 bits per heavy atom. The molecule has 6 heteroatoms. The van der Waals surface area contributed by atoms with E-state index in [-0.39, 0.29) is 12.0 Å². The van der Waals surface area contributed by atoms with Gasteiger partial charge in [-0.05, 0) is 56.0 Å². The maximum Gasteiger partial charge on any atom is 0.248 e. The first-order valence-electron chi connectivity index (χ1n) is 8.53. The van der Waals surface area contributed by atoms with Crippen molar-refractivity contribution in [2.45, 2.75) is 38.6 Å². The molecule has 0 aliphatic heterocycles. The first-order chi connectivity index (χ1) is 12.3. The van der Waals surface area contributed by atoms with E-state index in [1.807, 2.05) is 25.1 Å². The Morgan fingerprint density at radius 3 is 2.38 bits per heavy atom. The molecule has 0 aliphatic carbocycles. The highest BCUT2D eigenvalue weighted by Gasteiger charge is 2.19. The summed E-state index contributed by atoms with van der Waals surface area (Å²) in [6.07, 6.45) is 1.80. The number of nitrogens with two attached hydrogens (primary N) is 2. The molecule has 0 saturated carbocycles. The zero-order valence-electron chi connectivity index (χ0n) is 15.3. The summed E-state index contributed by atoms with van der Waals surface area (Å²) >= 11 is 6.25. The van der Waals surface area contributed by atoms with Crippen LogP contribution in [0.15, 0.2) is 36.4 Å². The Hall–Kier alpha value is -2.24. The van der Waals surface area contributed by atoms with Gasteiger partial charge in [0, 0.05) is 17.2 Å². The van der Waals surface area contributed by atoms with Crippen molar-refractivity contribution < 1.29 is 14.3 Å². The molecular formula is C20H25ClN2O3. The summed E-state index contributed by atoms with van der Waals surface area (Å²) < 4.78 is 11.6. The second kappa shape index (κ2) is 8.92. The third-order valence-corrected chi connectivity index (χ3v) is 4.53. The largest absolute Gasteiger partial charge is 0.496 e. The molecule has 4 N–H and O–H groups in total. The van der Waals surface area contributed by atoms with E-state index in [0.29, 0.717) is 22.1 Å². The van der Waals surface area contributed by atoms with E-state index in [2.05, 4.69) is 6.92 Å². The van der Waals surface area contributed by atoms with Gasteiger partial charge < -0.3 is 20.9 Å². The van der Waals surface area contributed by atoms with Crippen LogP contribution in [0.5, 0.6) is 17.2 Å². The summed E-state index contributed by atoms with van der Waals surface area (Å²) in [4.78, 5) is 11.3. The van der Waals surface area contributed by atoms with Crippen LogP contribution >= 0.6 is 11.6 Å². The molecule has 0 heterocycles. The van der Waals surface area contributed by atoms with Crippen LogP contribution in [-0.4, -0.2) is 19.1 Å². The molecule has 2 rings (SSSR count). The molecule has 0 aromatic heterocycles. The van der Waals surface area contributed by atoms with Crippen molar-refractivity contribution in [3.63, 3.8) is 0 Å². The zero-order chi connectivity index (χ0) is 19.3. The average molecular weight is 377 g/mol. The van der Waals surface area contributed by atoms with E-state index in [1.54, 1.807) is 19.2 Å². The van der Waals surface area contributed by atoms with Gasteiger partial charge in [0.2, 0.25) is 5.91 Å². The van der Waals surface area contributed by atoms with E-state index < -0.39 is 5.91 Å². The minimum atomic E-state index is -0.537. The van der Waals surface area contributed by atoms with Gasteiger partial charge in [-0.15, -0.1) is 0 Å².